The van der Waals surface area contributed by atoms with Crippen molar-refractivity contribution in [3.63, 3.8) is 0 Å². The molecule has 0 N–H and O–H groups in total. The lowest BCUT2D eigenvalue weighted by molar-refractivity contribution is 0.568. The molecule has 0 aromatic rings. The molecular formula is C8H16OSi. The summed E-state index contributed by atoms with van der Waals surface area (Å²) in [5.41, 5.74) is 0. The Bertz CT molecular complexity index is 129. The lowest BCUT2D eigenvalue weighted by Crippen LogP contribution is -2.18. The lowest BCUT2D eigenvalue weighted by Gasteiger charge is -2.13. The molecule has 2 heteroatoms. The van der Waals surface area contributed by atoms with Gasteiger partial charge in [0.05, 0.1) is 0 Å². The van der Waals surface area contributed by atoms with Crippen molar-refractivity contribution in [2.75, 3.05) is 0 Å². The summed E-state index contributed by atoms with van der Waals surface area (Å²) in [6.45, 7) is 7.03. The summed E-state index contributed by atoms with van der Waals surface area (Å²) in [5.74, 6) is 1.79. The Balaban J connectivity index is 3.28. The van der Waals surface area contributed by atoms with Gasteiger partial charge in [0, 0.05) is 8.07 Å². The average molecular weight is 156 g/mol. The quantitative estimate of drug-likeness (QED) is 0.347. The molecule has 0 heterocycles. The van der Waals surface area contributed by atoms with Crippen LogP contribution in [0.1, 0.15) is 12.8 Å². The predicted molar refractivity (Wildman–Crippen MR) is 47.7 cm³/mol. The lowest BCUT2D eigenvalue weighted by atomic mass is 10.3. The molecule has 0 spiro atoms. The number of rotatable bonds is 4. The number of unbranched alkanes of at least 4 members (excludes halogenated alkanes) is 1. The summed E-state index contributed by atoms with van der Waals surface area (Å²) in [6.07, 6.45) is 3.65. The van der Waals surface area contributed by atoms with E-state index in [0.717, 1.165) is 12.8 Å². The van der Waals surface area contributed by atoms with Crippen molar-refractivity contribution in [1.82, 2.24) is 0 Å². The van der Waals surface area contributed by atoms with Gasteiger partial charge >= 0.3 is 0 Å². The van der Waals surface area contributed by atoms with E-state index in [9.17, 15) is 4.79 Å². The molecule has 0 fully saturated rings. The highest BCUT2D eigenvalue weighted by atomic mass is 28.3. The van der Waals surface area contributed by atoms with Gasteiger partial charge in [-0.15, -0.1) is 0 Å². The van der Waals surface area contributed by atoms with Crippen LogP contribution in [0.4, 0.5) is 0 Å². The number of hydrogen-bond donors (Lipinski definition) is 0. The SMILES string of the molecule is C[Si](C)(C)CCCC=C=O. The van der Waals surface area contributed by atoms with Gasteiger partial charge in [0.2, 0.25) is 0 Å². The Morgan fingerprint density at radius 3 is 2.40 bits per heavy atom. The summed E-state index contributed by atoms with van der Waals surface area (Å²) in [6, 6.07) is 1.31. The van der Waals surface area contributed by atoms with Crippen LogP contribution >= 0.6 is 0 Å². The Kier molecular flexibility index (Phi) is 4.33. The molecule has 0 saturated carbocycles. The molecule has 0 aromatic heterocycles. The first-order valence-corrected chi connectivity index (χ1v) is 7.46. The number of allylic oxidation sites excluding steroid dienone is 1. The highest BCUT2D eigenvalue weighted by Crippen LogP contribution is 2.12. The maximum atomic E-state index is 9.76. The van der Waals surface area contributed by atoms with Crippen LogP contribution < -0.4 is 0 Å². The molecule has 0 unspecified atom stereocenters. The third-order valence-electron chi connectivity index (χ3n) is 1.36. The molecule has 0 rings (SSSR count). The van der Waals surface area contributed by atoms with Crippen molar-refractivity contribution in [2.45, 2.75) is 38.5 Å². The molecule has 0 bridgehead atoms. The van der Waals surface area contributed by atoms with Gasteiger partial charge in [0.25, 0.3) is 0 Å². The third kappa shape index (κ3) is 7.67. The van der Waals surface area contributed by atoms with Crippen molar-refractivity contribution >= 4 is 14.0 Å². The van der Waals surface area contributed by atoms with E-state index in [1.54, 1.807) is 12.0 Å². The zero-order valence-electron chi connectivity index (χ0n) is 7.11. The molecule has 0 saturated heterocycles. The monoisotopic (exact) mass is 156 g/mol. The van der Waals surface area contributed by atoms with E-state index < -0.39 is 8.07 Å². The third-order valence-corrected chi connectivity index (χ3v) is 3.21. The van der Waals surface area contributed by atoms with Crippen molar-refractivity contribution in [2.24, 2.45) is 0 Å². The first-order valence-electron chi connectivity index (χ1n) is 3.75. The molecule has 0 aliphatic rings. The van der Waals surface area contributed by atoms with E-state index in [-0.39, 0.29) is 0 Å². The molecule has 10 heavy (non-hydrogen) atoms. The highest BCUT2D eigenvalue weighted by molar-refractivity contribution is 6.76. The first kappa shape index (κ1) is 9.67. The van der Waals surface area contributed by atoms with Crippen molar-refractivity contribution in [1.29, 1.82) is 0 Å². The predicted octanol–water partition coefficient (Wildman–Crippen LogP) is 2.49. The minimum absolute atomic E-state index is 0.857. The van der Waals surface area contributed by atoms with Gasteiger partial charge in [-0.25, -0.2) is 4.79 Å². The summed E-state index contributed by atoms with van der Waals surface area (Å²) in [4.78, 5) is 9.76. The first-order chi connectivity index (χ1) is 4.56. The smallest absolute Gasteiger partial charge is 0.120 e. The van der Waals surface area contributed by atoms with Crippen molar-refractivity contribution < 1.29 is 4.79 Å². The second-order valence-electron chi connectivity index (χ2n) is 3.77. The Hall–Kier alpha value is -0.333. The summed E-state index contributed by atoms with van der Waals surface area (Å²) >= 11 is 0. The van der Waals surface area contributed by atoms with Crippen LogP contribution in [0.5, 0.6) is 0 Å². The van der Waals surface area contributed by atoms with Gasteiger partial charge in [0.15, 0.2) is 0 Å². The van der Waals surface area contributed by atoms with Crippen LogP contribution in [-0.2, 0) is 4.79 Å². The fourth-order valence-electron chi connectivity index (χ4n) is 0.793. The second kappa shape index (κ2) is 4.48. The molecular weight excluding hydrogens is 140 g/mol. The van der Waals surface area contributed by atoms with Crippen molar-refractivity contribution in [3.05, 3.63) is 6.08 Å². The largest absolute Gasteiger partial charge is 0.234 e. The highest BCUT2D eigenvalue weighted by Gasteiger charge is 2.10. The molecule has 0 amide bonds. The topological polar surface area (TPSA) is 17.1 Å². The van der Waals surface area contributed by atoms with Crippen LogP contribution in [0, 0.1) is 0 Å². The summed E-state index contributed by atoms with van der Waals surface area (Å²) in [7, 11) is -0.857. The van der Waals surface area contributed by atoms with Crippen LogP contribution in [-0.4, -0.2) is 14.0 Å². The fraction of sp³-hybridized carbons (Fsp3) is 0.750. The van der Waals surface area contributed by atoms with E-state index in [1.165, 1.54) is 6.04 Å². The Labute approximate surface area is 64.1 Å². The van der Waals surface area contributed by atoms with Gasteiger partial charge in [-0.1, -0.05) is 32.1 Å². The average Bonchev–Trinajstić information content (AvgIpc) is 1.78. The van der Waals surface area contributed by atoms with E-state index in [0.29, 0.717) is 0 Å². The van der Waals surface area contributed by atoms with Gasteiger partial charge < -0.3 is 0 Å². The van der Waals surface area contributed by atoms with Crippen LogP contribution in [0.2, 0.25) is 25.7 Å². The molecule has 0 radical (unpaired) electrons. The molecule has 0 aromatic carbocycles. The maximum Gasteiger partial charge on any atom is 0.120 e. The van der Waals surface area contributed by atoms with Gasteiger partial charge in [-0.2, -0.15) is 0 Å². The van der Waals surface area contributed by atoms with Crippen LogP contribution in [0.15, 0.2) is 6.08 Å². The normalized spacial score (nSPS) is 10.7. The van der Waals surface area contributed by atoms with E-state index in [1.807, 2.05) is 0 Å². The van der Waals surface area contributed by atoms with Gasteiger partial charge in [-0.3, -0.25) is 0 Å². The number of carbonyl (C=O) groups excluding carboxylic acids is 1. The van der Waals surface area contributed by atoms with Gasteiger partial charge in [-0.05, 0) is 12.5 Å². The number of hydrogen-bond acceptors (Lipinski definition) is 1. The molecule has 0 aliphatic carbocycles. The van der Waals surface area contributed by atoms with E-state index in [2.05, 4.69) is 19.6 Å². The van der Waals surface area contributed by atoms with Crippen molar-refractivity contribution in [3.8, 4) is 0 Å². The van der Waals surface area contributed by atoms with Crippen LogP contribution in [0.25, 0.3) is 0 Å². The zero-order chi connectivity index (χ0) is 8.04. The second-order valence-corrected chi connectivity index (χ2v) is 9.40. The van der Waals surface area contributed by atoms with Crippen LogP contribution in [0.3, 0.4) is 0 Å². The Morgan fingerprint density at radius 2 is 2.00 bits per heavy atom. The molecule has 58 valence electrons. The Morgan fingerprint density at radius 1 is 1.40 bits per heavy atom. The summed E-state index contributed by atoms with van der Waals surface area (Å²) in [5, 5.41) is 0. The van der Waals surface area contributed by atoms with E-state index >= 15 is 0 Å². The fourth-order valence-corrected chi connectivity index (χ4v) is 2.06. The summed E-state index contributed by atoms with van der Waals surface area (Å²) < 4.78 is 0. The van der Waals surface area contributed by atoms with Gasteiger partial charge in [0.1, 0.15) is 5.94 Å². The minimum atomic E-state index is -0.857. The maximum absolute atomic E-state index is 9.76. The zero-order valence-corrected chi connectivity index (χ0v) is 8.11. The molecule has 0 atom stereocenters. The molecule has 0 aliphatic heterocycles. The minimum Gasteiger partial charge on any atom is -0.234 e. The molecule has 1 nitrogen and oxygen atoms in total. The standard InChI is InChI=1S/C8H16OSi/c1-10(2,3)8-6-4-5-7-9/h5H,4,6,8H2,1-3H3. The van der Waals surface area contributed by atoms with E-state index in [4.69, 9.17) is 0 Å².